The highest BCUT2D eigenvalue weighted by atomic mass is 16.7. The van der Waals surface area contributed by atoms with Crippen molar-refractivity contribution in [2.75, 3.05) is 0 Å². The van der Waals surface area contributed by atoms with Crippen LogP contribution in [0.3, 0.4) is 0 Å². The average molecular weight is 433 g/mol. The summed E-state index contributed by atoms with van der Waals surface area (Å²) in [6.45, 7) is 9.21. The highest BCUT2D eigenvalue weighted by Crippen LogP contribution is 2.38. The summed E-state index contributed by atoms with van der Waals surface area (Å²) in [5.41, 5.74) is 4.10. The fourth-order valence-electron chi connectivity index (χ4n) is 4.94. The first-order valence-corrected chi connectivity index (χ1v) is 11.7. The molecule has 0 aliphatic carbocycles. The van der Waals surface area contributed by atoms with Gasteiger partial charge in [-0.05, 0) is 50.2 Å². The second kappa shape index (κ2) is 7.21. The van der Waals surface area contributed by atoms with Gasteiger partial charge in [0.25, 0.3) is 0 Å². The van der Waals surface area contributed by atoms with Gasteiger partial charge < -0.3 is 13.9 Å². The smallest absolute Gasteiger partial charge is 0.399 e. The zero-order chi connectivity index (χ0) is 22.8. The van der Waals surface area contributed by atoms with E-state index in [1.54, 1.807) is 0 Å². The van der Waals surface area contributed by atoms with Crippen LogP contribution >= 0.6 is 0 Å². The lowest BCUT2D eigenvalue weighted by molar-refractivity contribution is 0.00578. The molecule has 1 fully saturated rings. The Morgan fingerprint density at radius 2 is 1.36 bits per heavy atom. The molecular formula is C29H28BNO2. The fourth-order valence-corrected chi connectivity index (χ4v) is 4.94. The molecule has 0 atom stereocenters. The van der Waals surface area contributed by atoms with Crippen molar-refractivity contribution < 1.29 is 9.31 Å². The molecule has 2 heterocycles. The van der Waals surface area contributed by atoms with Crippen LogP contribution < -0.4 is 5.46 Å². The molecule has 0 N–H and O–H groups in total. The van der Waals surface area contributed by atoms with Gasteiger partial charge in [-0.2, -0.15) is 0 Å². The average Bonchev–Trinajstić information content (AvgIpc) is 3.24. The van der Waals surface area contributed by atoms with Crippen LogP contribution in [0.25, 0.3) is 32.6 Å². The largest absolute Gasteiger partial charge is 0.494 e. The summed E-state index contributed by atoms with van der Waals surface area (Å²) in [6.07, 6.45) is 0. The first kappa shape index (κ1) is 20.5. The predicted molar refractivity (Wildman–Crippen MR) is 138 cm³/mol. The van der Waals surface area contributed by atoms with E-state index in [1.165, 1.54) is 38.1 Å². The highest BCUT2D eigenvalue weighted by molar-refractivity contribution is 6.62. The molecule has 0 bridgehead atoms. The standard InChI is InChI=1S/C29H28BNO2/c1-28(2)29(3,4)33-30(32-28)22-15-17-24-25-16-14-21-12-8-9-13-23(21)27(25)31(26(24)18-22)19-20-10-6-5-7-11-20/h5-18H,19H2,1-4H3. The van der Waals surface area contributed by atoms with Gasteiger partial charge in [0.1, 0.15) is 0 Å². The van der Waals surface area contributed by atoms with Crippen LogP contribution in [-0.2, 0) is 15.9 Å². The molecule has 0 saturated carbocycles. The summed E-state index contributed by atoms with van der Waals surface area (Å²) in [6, 6.07) is 30.5. The van der Waals surface area contributed by atoms with E-state index < -0.39 is 0 Å². The lowest BCUT2D eigenvalue weighted by Crippen LogP contribution is -2.41. The summed E-state index contributed by atoms with van der Waals surface area (Å²) >= 11 is 0. The number of rotatable bonds is 3. The molecule has 4 heteroatoms. The number of benzene rings is 4. The van der Waals surface area contributed by atoms with Crippen LogP contribution in [-0.4, -0.2) is 22.9 Å². The molecule has 6 rings (SSSR count). The van der Waals surface area contributed by atoms with Gasteiger partial charge in [-0.1, -0.05) is 78.9 Å². The number of hydrogen-bond acceptors (Lipinski definition) is 2. The van der Waals surface area contributed by atoms with Crippen molar-refractivity contribution in [2.24, 2.45) is 0 Å². The summed E-state index contributed by atoms with van der Waals surface area (Å²) < 4.78 is 15.2. The fraction of sp³-hybridized carbons (Fsp3) is 0.241. The number of hydrogen-bond donors (Lipinski definition) is 0. The number of fused-ring (bicyclic) bond motifs is 5. The molecule has 1 aliphatic rings. The van der Waals surface area contributed by atoms with Crippen LogP contribution in [0.4, 0.5) is 0 Å². The summed E-state index contributed by atoms with van der Waals surface area (Å²) in [5, 5.41) is 5.07. The Kier molecular flexibility index (Phi) is 4.49. The van der Waals surface area contributed by atoms with E-state index in [0.717, 1.165) is 12.0 Å². The van der Waals surface area contributed by atoms with Crippen molar-refractivity contribution in [3.8, 4) is 0 Å². The Balaban J connectivity index is 1.60. The molecule has 3 nitrogen and oxygen atoms in total. The van der Waals surface area contributed by atoms with Gasteiger partial charge in [-0.15, -0.1) is 0 Å². The van der Waals surface area contributed by atoms with Gasteiger partial charge in [-0.3, -0.25) is 0 Å². The lowest BCUT2D eigenvalue weighted by Gasteiger charge is -2.32. The normalized spacial score (nSPS) is 17.4. The maximum atomic E-state index is 6.37. The molecule has 4 aromatic carbocycles. The molecule has 1 aromatic heterocycles. The summed E-state index contributed by atoms with van der Waals surface area (Å²) in [7, 11) is -0.376. The maximum Gasteiger partial charge on any atom is 0.494 e. The third-order valence-corrected chi connectivity index (χ3v) is 7.48. The van der Waals surface area contributed by atoms with Crippen molar-refractivity contribution in [2.45, 2.75) is 45.4 Å². The molecule has 33 heavy (non-hydrogen) atoms. The van der Waals surface area contributed by atoms with Crippen LogP contribution in [0.2, 0.25) is 0 Å². The van der Waals surface area contributed by atoms with Crippen LogP contribution in [0.5, 0.6) is 0 Å². The van der Waals surface area contributed by atoms with E-state index in [2.05, 4.69) is 117 Å². The quantitative estimate of drug-likeness (QED) is 0.312. The molecule has 0 radical (unpaired) electrons. The van der Waals surface area contributed by atoms with Gasteiger partial charge >= 0.3 is 7.12 Å². The van der Waals surface area contributed by atoms with Crippen molar-refractivity contribution >= 4 is 45.2 Å². The minimum atomic E-state index is -0.376. The Morgan fingerprint density at radius 3 is 2.12 bits per heavy atom. The zero-order valence-electron chi connectivity index (χ0n) is 19.6. The van der Waals surface area contributed by atoms with Crippen molar-refractivity contribution in [1.82, 2.24) is 4.57 Å². The minimum absolute atomic E-state index is 0.362. The molecule has 1 saturated heterocycles. The Hall–Kier alpha value is -3.08. The van der Waals surface area contributed by atoms with Crippen molar-refractivity contribution in [3.05, 3.63) is 90.5 Å². The van der Waals surface area contributed by atoms with E-state index in [0.29, 0.717) is 0 Å². The van der Waals surface area contributed by atoms with Crippen LogP contribution in [0.1, 0.15) is 33.3 Å². The molecular weight excluding hydrogens is 405 g/mol. The molecule has 0 unspecified atom stereocenters. The first-order chi connectivity index (χ1) is 15.8. The van der Waals surface area contributed by atoms with Crippen molar-refractivity contribution in [3.63, 3.8) is 0 Å². The zero-order valence-corrected chi connectivity index (χ0v) is 19.6. The first-order valence-electron chi connectivity index (χ1n) is 11.7. The number of aromatic nitrogens is 1. The molecule has 5 aromatic rings. The minimum Gasteiger partial charge on any atom is -0.399 e. The van der Waals surface area contributed by atoms with Crippen LogP contribution in [0, 0.1) is 0 Å². The Bertz CT molecular complexity index is 1480. The van der Waals surface area contributed by atoms with Gasteiger partial charge in [0.05, 0.1) is 16.7 Å². The van der Waals surface area contributed by atoms with E-state index in [1.807, 2.05) is 0 Å². The second-order valence-corrected chi connectivity index (χ2v) is 10.1. The van der Waals surface area contributed by atoms with Crippen LogP contribution in [0.15, 0.2) is 84.9 Å². The molecule has 164 valence electrons. The summed E-state index contributed by atoms with van der Waals surface area (Å²) in [5.74, 6) is 0. The Morgan fingerprint density at radius 1 is 0.697 bits per heavy atom. The maximum absolute atomic E-state index is 6.37. The van der Waals surface area contributed by atoms with E-state index in [4.69, 9.17) is 9.31 Å². The van der Waals surface area contributed by atoms with Gasteiger partial charge in [0, 0.05) is 28.2 Å². The molecule has 1 aliphatic heterocycles. The van der Waals surface area contributed by atoms with Gasteiger partial charge in [-0.25, -0.2) is 0 Å². The predicted octanol–water partition coefficient (Wildman–Crippen LogP) is 6.30. The second-order valence-electron chi connectivity index (χ2n) is 10.1. The molecule has 0 amide bonds. The van der Waals surface area contributed by atoms with E-state index in [-0.39, 0.29) is 18.3 Å². The topological polar surface area (TPSA) is 23.4 Å². The van der Waals surface area contributed by atoms with E-state index in [9.17, 15) is 0 Å². The highest BCUT2D eigenvalue weighted by Gasteiger charge is 2.51. The van der Waals surface area contributed by atoms with Gasteiger partial charge in [0.15, 0.2) is 0 Å². The lowest BCUT2D eigenvalue weighted by atomic mass is 9.79. The number of nitrogens with zero attached hydrogens (tertiary/aromatic N) is 1. The van der Waals surface area contributed by atoms with Crippen molar-refractivity contribution in [1.29, 1.82) is 0 Å². The summed E-state index contributed by atoms with van der Waals surface area (Å²) in [4.78, 5) is 0. The van der Waals surface area contributed by atoms with Gasteiger partial charge in [0.2, 0.25) is 0 Å². The third-order valence-electron chi connectivity index (χ3n) is 7.48. The third kappa shape index (κ3) is 3.20. The monoisotopic (exact) mass is 433 g/mol. The van der Waals surface area contributed by atoms with E-state index >= 15 is 0 Å². The Labute approximate surface area is 195 Å². The SMILES string of the molecule is CC1(C)OB(c2ccc3c4ccc5ccccc5c4n(Cc4ccccc4)c3c2)OC1(C)C. The molecule has 0 spiro atoms.